The third-order valence-electron chi connectivity index (χ3n) is 3.41. The molecule has 2 rings (SSSR count). The molecule has 1 amide bonds. The summed E-state index contributed by atoms with van der Waals surface area (Å²) in [4.78, 5) is 11.6. The molecule has 2 aromatic rings. The fourth-order valence-corrected chi connectivity index (χ4v) is 2.24. The average Bonchev–Trinajstić information content (AvgIpc) is 2.62. The van der Waals surface area contributed by atoms with E-state index in [4.69, 9.17) is 16.3 Å². The second kappa shape index (κ2) is 8.75. The first-order chi connectivity index (χ1) is 11.9. The van der Waals surface area contributed by atoms with Crippen molar-refractivity contribution < 1.29 is 28.5 Å². The number of hydrogen-bond acceptors (Lipinski definition) is 4. The van der Waals surface area contributed by atoms with Crippen LogP contribution in [0.5, 0.6) is 0 Å². The Morgan fingerprint density at radius 2 is 1.84 bits per heavy atom. The summed E-state index contributed by atoms with van der Waals surface area (Å²) in [5, 5.41) is 21.6. The second-order valence-corrected chi connectivity index (χ2v) is 5.62. The lowest BCUT2D eigenvalue weighted by molar-refractivity contribution is 0.0143. The molecule has 0 spiro atoms. The fraction of sp³-hybridized carbons (Fsp3) is 0.235. The van der Waals surface area contributed by atoms with E-state index in [2.05, 4.69) is 5.32 Å². The topological polar surface area (TPSA) is 78.8 Å². The van der Waals surface area contributed by atoms with E-state index in [-0.39, 0.29) is 6.61 Å². The highest BCUT2D eigenvalue weighted by molar-refractivity contribution is 6.30. The summed E-state index contributed by atoms with van der Waals surface area (Å²) in [7, 11) is 0. The second-order valence-electron chi connectivity index (χ2n) is 5.21. The summed E-state index contributed by atoms with van der Waals surface area (Å²) >= 11 is 5.54. The Bertz CT molecular complexity index is 730. The maximum absolute atomic E-state index is 13.8. The van der Waals surface area contributed by atoms with Crippen LogP contribution in [0.25, 0.3) is 0 Å². The zero-order valence-corrected chi connectivity index (χ0v) is 13.7. The third kappa shape index (κ3) is 5.12. The monoisotopic (exact) mass is 371 g/mol. The van der Waals surface area contributed by atoms with Crippen LogP contribution in [0.4, 0.5) is 13.6 Å². The summed E-state index contributed by atoms with van der Waals surface area (Å²) < 4.78 is 32.4. The van der Waals surface area contributed by atoms with Crippen molar-refractivity contribution in [1.82, 2.24) is 5.32 Å². The van der Waals surface area contributed by atoms with Crippen LogP contribution in [-0.2, 0) is 11.3 Å². The van der Waals surface area contributed by atoms with Gasteiger partial charge in [0.25, 0.3) is 0 Å². The van der Waals surface area contributed by atoms with Crippen molar-refractivity contribution >= 4 is 17.7 Å². The van der Waals surface area contributed by atoms with Gasteiger partial charge in [-0.3, -0.25) is 0 Å². The molecule has 134 valence electrons. The number of carbonyl (C=O) groups is 1. The van der Waals surface area contributed by atoms with E-state index in [0.717, 1.165) is 17.7 Å². The molecule has 2 atom stereocenters. The highest BCUT2D eigenvalue weighted by Crippen LogP contribution is 2.28. The number of ether oxygens (including phenoxy) is 1. The zero-order chi connectivity index (χ0) is 18.4. The van der Waals surface area contributed by atoms with Gasteiger partial charge in [0, 0.05) is 6.54 Å². The van der Waals surface area contributed by atoms with Gasteiger partial charge in [-0.25, -0.2) is 13.6 Å². The van der Waals surface area contributed by atoms with E-state index < -0.39 is 47.1 Å². The number of nitrogens with one attached hydrogen (secondary N) is 1. The molecule has 0 aromatic heterocycles. The summed E-state index contributed by atoms with van der Waals surface area (Å²) in [6.45, 7) is -0.455. The molecule has 5 nitrogen and oxygen atoms in total. The van der Waals surface area contributed by atoms with Crippen molar-refractivity contribution in [3.05, 3.63) is 70.2 Å². The molecule has 2 unspecified atom stereocenters. The van der Waals surface area contributed by atoms with Gasteiger partial charge in [-0.2, -0.15) is 0 Å². The van der Waals surface area contributed by atoms with Crippen LogP contribution < -0.4 is 5.32 Å². The van der Waals surface area contributed by atoms with Gasteiger partial charge in [-0.05, 0) is 17.7 Å². The normalized spacial score (nSPS) is 13.2. The quantitative estimate of drug-likeness (QED) is 0.682. The van der Waals surface area contributed by atoms with Crippen molar-refractivity contribution in [2.24, 2.45) is 0 Å². The molecular weight excluding hydrogens is 356 g/mol. The minimum atomic E-state index is -1.91. The fourth-order valence-electron chi connectivity index (χ4n) is 2.08. The molecule has 3 N–H and O–H groups in total. The summed E-state index contributed by atoms with van der Waals surface area (Å²) in [5.74, 6) is -2.22. The molecule has 2 aromatic carbocycles. The van der Waals surface area contributed by atoms with Crippen molar-refractivity contribution in [3.63, 3.8) is 0 Å². The van der Waals surface area contributed by atoms with Gasteiger partial charge < -0.3 is 20.3 Å². The molecule has 25 heavy (non-hydrogen) atoms. The molecule has 0 radical (unpaired) electrons. The maximum Gasteiger partial charge on any atom is 0.407 e. The molecule has 0 aliphatic rings. The number of benzene rings is 2. The molecule has 0 aliphatic carbocycles. The first kappa shape index (κ1) is 19.1. The van der Waals surface area contributed by atoms with Gasteiger partial charge in [0.1, 0.15) is 24.6 Å². The van der Waals surface area contributed by atoms with E-state index in [1.807, 2.05) is 6.07 Å². The Balaban J connectivity index is 1.88. The smallest absolute Gasteiger partial charge is 0.407 e. The van der Waals surface area contributed by atoms with Gasteiger partial charge in [-0.1, -0.05) is 41.9 Å². The van der Waals surface area contributed by atoms with E-state index >= 15 is 0 Å². The van der Waals surface area contributed by atoms with Crippen molar-refractivity contribution in [3.8, 4) is 0 Å². The SMILES string of the molecule is O=C(NCC(O)C(O)c1c(F)ccc(Cl)c1F)OCc1ccccc1. The Hall–Kier alpha value is -2.22. The highest BCUT2D eigenvalue weighted by atomic mass is 35.5. The van der Waals surface area contributed by atoms with Crippen LogP contribution in [0.1, 0.15) is 17.2 Å². The van der Waals surface area contributed by atoms with Crippen molar-refractivity contribution in [2.45, 2.75) is 18.8 Å². The number of hydrogen-bond donors (Lipinski definition) is 3. The molecule has 0 fully saturated rings. The molecule has 0 heterocycles. The highest BCUT2D eigenvalue weighted by Gasteiger charge is 2.27. The minimum Gasteiger partial charge on any atom is -0.445 e. The Morgan fingerprint density at radius 3 is 2.52 bits per heavy atom. The van der Waals surface area contributed by atoms with Crippen molar-refractivity contribution in [2.75, 3.05) is 6.54 Å². The van der Waals surface area contributed by atoms with Gasteiger partial charge in [0.15, 0.2) is 5.82 Å². The van der Waals surface area contributed by atoms with Crippen molar-refractivity contribution in [1.29, 1.82) is 0 Å². The standard InChI is InChI=1S/C17H16ClF2NO4/c18-11-6-7-12(19)14(15(11)20)16(23)13(22)8-21-17(24)25-9-10-4-2-1-3-5-10/h1-7,13,16,22-23H,8-9H2,(H,21,24). The van der Waals surface area contributed by atoms with Crippen LogP contribution >= 0.6 is 11.6 Å². The number of carbonyl (C=O) groups excluding carboxylic acids is 1. The Kier molecular flexibility index (Phi) is 6.69. The van der Waals surface area contributed by atoms with Gasteiger partial charge in [-0.15, -0.1) is 0 Å². The zero-order valence-electron chi connectivity index (χ0n) is 13.0. The maximum atomic E-state index is 13.8. The van der Waals surface area contributed by atoms with Crippen LogP contribution in [0.2, 0.25) is 5.02 Å². The number of alkyl carbamates (subject to hydrolysis) is 1. The van der Waals surface area contributed by atoms with E-state index in [0.29, 0.717) is 0 Å². The van der Waals surface area contributed by atoms with E-state index in [1.165, 1.54) is 0 Å². The lowest BCUT2D eigenvalue weighted by Gasteiger charge is -2.20. The molecule has 0 saturated heterocycles. The van der Waals surface area contributed by atoms with Crippen LogP contribution in [0.3, 0.4) is 0 Å². The predicted octanol–water partition coefficient (Wildman–Crippen LogP) is 2.94. The lowest BCUT2D eigenvalue weighted by Crippen LogP contribution is -2.36. The molecule has 0 aliphatic heterocycles. The number of aliphatic hydroxyl groups excluding tert-OH is 2. The number of aliphatic hydroxyl groups is 2. The largest absolute Gasteiger partial charge is 0.445 e. The van der Waals surface area contributed by atoms with Gasteiger partial charge >= 0.3 is 6.09 Å². The van der Waals surface area contributed by atoms with Crippen LogP contribution in [-0.4, -0.2) is 29.0 Å². The van der Waals surface area contributed by atoms with Crippen LogP contribution in [0, 0.1) is 11.6 Å². The molecule has 8 heteroatoms. The minimum absolute atomic E-state index is 0.0167. The molecule has 0 bridgehead atoms. The van der Waals surface area contributed by atoms with Gasteiger partial charge in [0.05, 0.1) is 10.6 Å². The third-order valence-corrected chi connectivity index (χ3v) is 3.70. The summed E-state index contributed by atoms with van der Waals surface area (Å²) in [6, 6.07) is 10.8. The lowest BCUT2D eigenvalue weighted by atomic mass is 10.0. The van der Waals surface area contributed by atoms with E-state index in [1.54, 1.807) is 24.3 Å². The first-order valence-corrected chi connectivity index (χ1v) is 7.72. The van der Waals surface area contributed by atoms with Gasteiger partial charge in [0.2, 0.25) is 0 Å². The number of rotatable bonds is 6. The Labute approximate surface area is 147 Å². The average molecular weight is 372 g/mol. The van der Waals surface area contributed by atoms with Crippen LogP contribution in [0.15, 0.2) is 42.5 Å². The number of amides is 1. The Morgan fingerprint density at radius 1 is 1.16 bits per heavy atom. The summed E-state index contributed by atoms with van der Waals surface area (Å²) in [6.07, 6.45) is -4.41. The number of halogens is 3. The molecule has 0 saturated carbocycles. The molecular formula is C17H16ClF2NO4. The summed E-state index contributed by atoms with van der Waals surface area (Å²) in [5.41, 5.74) is 0.000700. The van der Waals surface area contributed by atoms with E-state index in [9.17, 15) is 23.8 Å². The first-order valence-electron chi connectivity index (χ1n) is 7.34. The predicted molar refractivity (Wildman–Crippen MR) is 87.0 cm³/mol.